The molecule has 0 unspecified atom stereocenters. The van der Waals surface area contributed by atoms with Gasteiger partial charge in [0, 0.05) is 6.20 Å². The Kier molecular flexibility index (Phi) is 4.24. The summed E-state index contributed by atoms with van der Waals surface area (Å²) in [5, 5.41) is 9.45. The standard InChI is InChI=1S/C13H18ClNO2/c1-9-2-4-11(5-3-9)17-13-12(14)6-10(8-16)7-15-13/h6-7,9,11,16H,2-5,8H2,1H3. The molecule has 1 aromatic heterocycles. The van der Waals surface area contributed by atoms with Crippen molar-refractivity contribution in [2.45, 2.75) is 45.3 Å². The van der Waals surface area contributed by atoms with Crippen LogP contribution in [0.4, 0.5) is 0 Å². The van der Waals surface area contributed by atoms with Crippen LogP contribution in [0.25, 0.3) is 0 Å². The van der Waals surface area contributed by atoms with Crippen molar-refractivity contribution in [2.24, 2.45) is 5.92 Å². The molecule has 0 atom stereocenters. The molecule has 0 amide bonds. The number of hydrogen-bond donors (Lipinski definition) is 1. The van der Waals surface area contributed by atoms with Gasteiger partial charge in [-0.1, -0.05) is 18.5 Å². The third-order valence-electron chi connectivity index (χ3n) is 3.29. The Bertz CT molecular complexity index is 376. The second kappa shape index (κ2) is 5.69. The molecule has 1 saturated carbocycles. The molecule has 0 saturated heterocycles. The van der Waals surface area contributed by atoms with Crippen LogP contribution in [0.5, 0.6) is 5.88 Å². The molecule has 1 aliphatic rings. The molecule has 0 aromatic carbocycles. The lowest BCUT2D eigenvalue weighted by molar-refractivity contribution is 0.130. The Morgan fingerprint density at radius 2 is 2.12 bits per heavy atom. The summed E-state index contributed by atoms with van der Waals surface area (Å²) in [4.78, 5) is 4.15. The van der Waals surface area contributed by atoms with Crippen LogP contribution >= 0.6 is 11.6 Å². The number of rotatable bonds is 3. The first-order valence-corrected chi connectivity index (χ1v) is 6.48. The first kappa shape index (κ1) is 12.7. The van der Waals surface area contributed by atoms with Crippen LogP contribution in [0.1, 0.15) is 38.2 Å². The third-order valence-corrected chi connectivity index (χ3v) is 3.56. The predicted octanol–water partition coefficient (Wildman–Crippen LogP) is 3.18. The normalized spacial score (nSPS) is 24.6. The predicted molar refractivity (Wildman–Crippen MR) is 67.2 cm³/mol. The summed E-state index contributed by atoms with van der Waals surface area (Å²) in [5.74, 6) is 1.29. The van der Waals surface area contributed by atoms with E-state index in [0.717, 1.165) is 18.8 Å². The molecule has 1 fully saturated rings. The van der Waals surface area contributed by atoms with Gasteiger partial charge < -0.3 is 9.84 Å². The second-order valence-electron chi connectivity index (χ2n) is 4.79. The largest absolute Gasteiger partial charge is 0.473 e. The first-order chi connectivity index (χ1) is 8.19. The summed E-state index contributed by atoms with van der Waals surface area (Å²) >= 11 is 6.06. The average molecular weight is 256 g/mol. The van der Waals surface area contributed by atoms with Crippen molar-refractivity contribution in [1.29, 1.82) is 0 Å². The monoisotopic (exact) mass is 255 g/mol. The van der Waals surface area contributed by atoms with Crippen molar-refractivity contribution < 1.29 is 9.84 Å². The number of hydrogen-bond acceptors (Lipinski definition) is 3. The van der Waals surface area contributed by atoms with E-state index < -0.39 is 0 Å². The topological polar surface area (TPSA) is 42.4 Å². The van der Waals surface area contributed by atoms with Gasteiger partial charge in [-0.05, 0) is 43.2 Å². The minimum atomic E-state index is -0.0477. The smallest absolute Gasteiger partial charge is 0.232 e. The highest BCUT2D eigenvalue weighted by atomic mass is 35.5. The van der Waals surface area contributed by atoms with Gasteiger partial charge in [-0.25, -0.2) is 4.98 Å². The summed E-state index contributed by atoms with van der Waals surface area (Å²) in [6, 6.07) is 1.70. The van der Waals surface area contributed by atoms with Crippen molar-refractivity contribution >= 4 is 11.6 Å². The molecule has 1 heterocycles. The van der Waals surface area contributed by atoms with E-state index in [1.54, 1.807) is 12.3 Å². The fourth-order valence-electron chi connectivity index (χ4n) is 2.14. The lowest BCUT2D eigenvalue weighted by Gasteiger charge is -2.26. The highest BCUT2D eigenvalue weighted by Crippen LogP contribution is 2.29. The van der Waals surface area contributed by atoms with Crippen molar-refractivity contribution in [3.8, 4) is 5.88 Å². The molecule has 0 aliphatic heterocycles. The molecule has 0 bridgehead atoms. The molecule has 0 spiro atoms. The van der Waals surface area contributed by atoms with Crippen LogP contribution in [0.3, 0.4) is 0 Å². The summed E-state index contributed by atoms with van der Waals surface area (Å²) in [7, 11) is 0. The molecule has 1 N–H and O–H groups in total. The minimum Gasteiger partial charge on any atom is -0.473 e. The maximum atomic E-state index is 8.96. The quantitative estimate of drug-likeness (QED) is 0.902. The third kappa shape index (κ3) is 3.33. The molecule has 2 rings (SSSR count). The second-order valence-corrected chi connectivity index (χ2v) is 5.20. The first-order valence-electron chi connectivity index (χ1n) is 6.11. The van der Waals surface area contributed by atoms with Crippen LogP contribution in [-0.2, 0) is 6.61 Å². The van der Waals surface area contributed by atoms with E-state index in [1.807, 2.05) is 0 Å². The number of aliphatic hydroxyl groups is 1. The van der Waals surface area contributed by atoms with Crippen molar-refractivity contribution in [3.05, 3.63) is 22.8 Å². The highest BCUT2D eigenvalue weighted by molar-refractivity contribution is 6.31. The number of nitrogens with zero attached hydrogens (tertiary/aromatic N) is 1. The molecular weight excluding hydrogens is 238 g/mol. The zero-order chi connectivity index (χ0) is 12.3. The van der Waals surface area contributed by atoms with Crippen LogP contribution in [0.15, 0.2) is 12.3 Å². The number of ether oxygens (including phenoxy) is 1. The maximum absolute atomic E-state index is 8.96. The van der Waals surface area contributed by atoms with Crippen molar-refractivity contribution in [2.75, 3.05) is 0 Å². The number of aromatic nitrogens is 1. The minimum absolute atomic E-state index is 0.0477. The van der Waals surface area contributed by atoms with Gasteiger partial charge in [0.1, 0.15) is 11.1 Å². The van der Waals surface area contributed by atoms with Crippen LogP contribution in [-0.4, -0.2) is 16.2 Å². The van der Waals surface area contributed by atoms with Crippen molar-refractivity contribution in [1.82, 2.24) is 4.98 Å². The van der Waals surface area contributed by atoms with Gasteiger partial charge in [0.05, 0.1) is 6.61 Å². The summed E-state index contributed by atoms with van der Waals surface area (Å²) < 4.78 is 5.81. The molecule has 3 nitrogen and oxygen atoms in total. The lowest BCUT2D eigenvalue weighted by atomic mass is 9.89. The molecule has 4 heteroatoms. The Balaban J connectivity index is 1.99. The average Bonchev–Trinajstić information content (AvgIpc) is 2.34. The van der Waals surface area contributed by atoms with E-state index in [2.05, 4.69) is 11.9 Å². The van der Waals surface area contributed by atoms with Crippen LogP contribution < -0.4 is 4.74 Å². The Labute approximate surface area is 107 Å². The van der Waals surface area contributed by atoms with Gasteiger partial charge in [0.2, 0.25) is 5.88 Å². The van der Waals surface area contributed by atoms with E-state index >= 15 is 0 Å². The Morgan fingerprint density at radius 3 is 2.71 bits per heavy atom. The summed E-state index contributed by atoms with van der Waals surface area (Å²) in [6.07, 6.45) is 6.39. The van der Waals surface area contributed by atoms with Gasteiger partial charge in [-0.3, -0.25) is 0 Å². The summed E-state index contributed by atoms with van der Waals surface area (Å²) in [6.45, 7) is 2.23. The number of aliphatic hydroxyl groups excluding tert-OH is 1. The van der Waals surface area contributed by atoms with E-state index in [9.17, 15) is 0 Å². The van der Waals surface area contributed by atoms with Gasteiger partial charge in [-0.15, -0.1) is 0 Å². The van der Waals surface area contributed by atoms with Crippen LogP contribution in [0, 0.1) is 5.92 Å². The van der Waals surface area contributed by atoms with Gasteiger partial charge in [0.15, 0.2) is 0 Å². The van der Waals surface area contributed by atoms with E-state index in [-0.39, 0.29) is 12.7 Å². The molecule has 17 heavy (non-hydrogen) atoms. The number of halogens is 1. The van der Waals surface area contributed by atoms with Crippen LogP contribution in [0.2, 0.25) is 5.02 Å². The number of pyridine rings is 1. The van der Waals surface area contributed by atoms with E-state index in [4.69, 9.17) is 21.4 Å². The fourth-order valence-corrected chi connectivity index (χ4v) is 2.38. The molecule has 1 aliphatic carbocycles. The fraction of sp³-hybridized carbons (Fsp3) is 0.615. The van der Waals surface area contributed by atoms with E-state index in [1.165, 1.54) is 12.8 Å². The zero-order valence-electron chi connectivity index (χ0n) is 10.0. The van der Waals surface area contributed by atoms with E-state index in [0.29, 0.717) is 16.5 Å². The zero-order valence-corrected chi connectivity index (χ0v) is 10.8. The highest BCUT2D eigenvalue weighted by Gasteiger charge is 2.20. The van der Waals surface area contributed by atoms with Crippen molar-refractivity contribution in [3.63, 3.8) is 0 Å². The Morgan fingerprint density at radius 1 is 1.41 bits per heavy atom. The molecule has 1 aromatic rings. The summed E-state index contributed by atoms with van der Waals surface area (Å²) in [5.41, 5.74) is 0.708. The van der Waals surface area contributed by atoms with Gasteiger partial charge in [0.25, 0.3) is 0 Å². The molecule has 0 radical (unpaired) electrons. The SMILES string of the molecule is CC1CCC(Oc2ncc(CO)cc2Cl)CC1. The maximum Gasteiger partial charge on any atom is 0.232 e. The Hall–Kier alpha value is -0.800. The van der Waals surface area contributed by atoms with Gasteiger partial charge >= 0.3 is 0 Å². The molecule has 94 valence electrons. The molecular formula is C13H18ClNO2. The lowest BCUT2D eigenvalue weighted by Crippen LogP contribution is -2.23. The van der Waals surface area contributed by atoms with Gasteiger partial charge in [-0.2, -0.15) is 0 Å².